The van der Waals surface area contributed by atoms with Crippen LogP contribution in [0.15, 0.2) is 28.0 Å². The van der Waals surface area contributed by atoms with Crippen LogP contribution < -0.4 is 21.5 Å². The number of aromatic nitrogens is 3. The van der Waals surface area contributed by atoms with Crippen molar-refractivity contribution < 1.29 is 12.6 Å². The molecule has 1 aromatic carbocycles. The fourth-order valence-corrected chi connectivity index (χ4v) is 4.36. The molecule has 2 heterocycles. The smallest absolute Gasteiger partial charge is 0.275 e. The number of aromatic hydroxyl groups is 1. The Morgan fingerprint density at radius 2 is 1.91 bits per heavy atom. The van der Waals surface area contributed by atoms with Crippen LogP contribution in [0.1, 0.15) is 63.1 Å². The fourth-order valence-electron chi connectivity index (χ4n) is 4.36. The van der Waals surface area contributed by atoms with Gasteiger partial charge < -0.3 is 20.6 Å². The van der Waals surface area contributed by atoms with E-state index in [9.17, 15) is 19.5 Å². The van der Waals surface area contributed by atoms with E-state index in [1.165, 1.54) is 31.3 Å². The molecule has 3 aromatic rings. The van der Waals surface area contributed by atoms with Crippen LogP contribution in [0.2, 0.25) is 0 Å². The van der Waals surface area contributed by atoms with Crippen LogP contribution in [0.3, 0.4) is 0 Å². The standard InChI is InChI=1S/C24H30N6O4/c1-13-12-30(5)28-15(13)22(24(2)9-6-7-10-24)27-17-16(20(32)21(17)33)26-14-8-11-25-18(19(14)31)23(34)29(3)4/h8,11-12,22,27,31H,6-7,9-10H2,1-5H3,(H,25,26)/t22-/m0/s1/i6D,7D/t6?,7?,22-,24?. The van der Waals surface area contributed by atoms with Gasteiger partial charge in [0.2, 0.25) is 0 Å². The largest absolute Gasteiger partial charge is 0.504 e. The lowest BCUT2D eigenvalue weighted by Gasteiger charge is -2.35. The summed E-state index contributed by atoms with van der Waals surface area (Å²) in [6.45, 7) is 3.85. The van der Waals surface area contributed by atoms with Gasteiger partial charge in [0.15, 0.2) is 11.4 Å². The van der Waals surface area contributed by atoms with E-state index in [1.807, 2.05) is 20.0 Å². The zero-order valence-corrected chi connectivity index (χ0v) is 19.8. The minimum Gasteiger partial charge on any atom is -0.504 e. The van der Waals surface area contributed by atoms with Gasteiger partial charge in [0.1, 0.15) is 11.4 Å². The minimum absolute atomic E-state index is 0.0305. The molecule has 1 aliphatic carbocycles. The molecule has 2 unspecified atom stereocenters. The molecule has 3 atom stereocenters. The van der Waals surface area contributed by atoms with Gasteiger partial charge in [-0.2, -0.15) is 5.10 Å². The first-order valence-electron chi connectivity index (χ1n) is 12.1. The maximum atomic E-state index is 12.7. The molecular formula is C24H30N6O4. The first-order chi connectivity index (χ1) is 16.8. The van der Waals surface area contributed by atoms with Crippen molar-refractivity contribution in [1.82, 2.24) is 19.7 Å². The van der Waals surface area contributed by atoms with Crippen molar-refractivity contribution in [3.8, 4) is 5.75 Å². The first-order valence-corrected chi connectivity index (χ1v) is 10.9. The van der Waals surface area contributed by atoms with Gasteiger partial charge in [0.25, 0.3) is 16.8 Å². The molecule has 0 bridgehead atoms. The van der Waals surface area contributed by atoms with Crippen molar-refractivity contribution in [3.63, 3.8) is 0 Å². The molecule has 1 saturated carbocycles. The predicted octanol–water partition coefficient (Wildman–Crippen LogP) is 2.60. The molecule has 1 amide bonds. The lowest BCUT2D eigenvalue weighted by Crippen LogP contribution is -2.40. The molecule has 4 rings (SSSR count). The number of aryl methyl sites for hydroxylation is 2. The highest BCUT2D eigenvalue weighted by atomic mass is 16.3. The second kappa shape index (κ2) is 8.58. The number of hydrogen-bond acceptors (Lipinski definition) is 8. The maximum absolute atomic E-state index is 12.7. The van der Waals surface area contributed by atoms with Crippen LogP contribution >= 0.6 is 0 Å². The molecule has 2 aromatic heterocycles. The van der Waals surface area contributed by atoms with Gasteiger partial charge in [-0.15, -0.1) is 0 Å². The number of anilines is 3. The van der Waals surface area contributed by atoms with Crippen LogP contribution in [0, 0.1) is 12.3 Å². The maximum Gasteiger partial charge on any atom is 0.275 e. The van der Waals surface area contributed by atoms with E-state index in [2.05, 4.69) is 20.7 Å². The third kappa shape index (κ3) is 3.93. The van der Waals surface area contributed by atoms with Crippen LogP contribution in [0.25, 0.3) is 0 Å². The number of rotatable bonds is 7. The molecular weight excluding hydrogens is 436 g/mol. The van der Waals surface area contributed by atoms with E-state index in [0.29, 0.717) is 18.5 Å². The predicted molar refractivity (Wildman–Crippen MR) is 129 cm³/mol. The number of nitrogens with zero attached hydrogens (tertiary/aromatic N) is 4. The third-order valence-electron chi connectivity index (χ3n) is 6.35. The van der Waals surface area contributed by atoms with Gasteiger partial charge in [-0.1, -0.05) is 19.7 Å². The summed E-state index contributed by atoms with van der Waals surface area (Å²) in [5, 5.41) is 21.2. The van der Waals surface area contributed by atoms with Crippen molar-refractivity contribution in [3.05, 3.63) is 55.9 Å². The summed E-state index contributed by atoms with van der Waals surface area (Å²) in [7, 11) is 4.83. The normalized spacial score (nSPS) is 23.9. The Kier molecular flexibility index (Phi) is 5.27. The lowest BCUT2D eigenvalue weighted by molar-refractivity contribution is 0.0819. The molecule has 3 N–H and O–H groups in total. The summed E-state index contributed by atoms with van der Waals surface area (Å²) in [5.74, 6) is -0.960. The van der Waals surface area contributed by atoms with E-state index >= 15 is 0 Å². The number of carbonyl (C=O) groups is 1. The minimum atomic E-state index is -0.765. The second-order valence-corrected chi connectivity index (χ2v) is 9.27. The quantitative estimate of drug-likeness (QED) is 0.451. The highest BCUT2D eigenvalue weighted by molar-refractivity contribution is 5.97. The number of pyridine rings is 1. The van der Waals surface area contributed by atoms with Gasteiger partial charge in [-0.25, -0.2) is 4.98 Å². The summed E-state index contributed by atoms with van der Waals surface area (Å²) in [5.41, 5.74) is -0.664. The highest BCUT2D eigenvalue weighted by Crippen LogP contribution is 2.49. The Balaban J connectivity index is 1.72. The molecule has 10 heteroatoms. The zero-order valence-electron chi connectivity index (χ0n) is 21.8. The highest BCUT2D eigenvalue weighted by Gasteiger charge is 2.41. The summed E-state index contributed by atoms with van der Waals surface area (Å²) in [6.07, 6.45) is 2.87. The molecule has 0 saturated heterocycles. The molecule has 10 nitrogen and oxygen atoms in total. The number of nitrogens with one attached hydrogen (secondary N) is 2. The molecule has 0 spiro atoms. The number of carbonyl (C=O) groups excluding carboxylic acids is 1. The second-order valence-electron chi connectivity index (χ2n) is 9.27. The van der Waals surface area contributed by atoms with E-state index in [4.69, 9.17) is 2.74 Å². The van der Waals surface area contributed by atoms with Crippen molar-refractivity contribution >= 4 is 23.0 Å². The molecule has 1 aliphatic rings. The molecule has 1 fully saturated rings. The Bertz CT molecular complexity index is 1380. The van der Waals surface area contributed by atoms with Gasteiger partial charge in [0.05, 0.1) is 17.4 Å². The Morgan fingerprint density at radius 1 is 1.26 bits per heavy atom. The molecule has 34 heavy (non-hydrogen) atoms. The zero-order chi connectivity index (χ0) is 26.5. The molecule has 0 aliphatic heterocycles. The summed E-state index contributed by atoms with van der Waals surface area (Å²) >= 11 is 0. The monoisotopic (exact) mass is 468 g/mol. The van der Waals surface area contributed by atoms with Crippen LogP contribution in [0.4, 0.5) is 17.1 Å². The van der Waals surface area contributed by atoms with Crippen molar-refractivity contribution in [1.29, 1.82) is 0 Å². The first kappa shape index (κ1) is 20.9. The Morgan fingerprint density at radius 3 is 2.50 bits per heavy atom. The van der Waals surface area contributed by atoms with Crippen molar-refractivity contribution in [2.24, 2.45) is 12.5 Å². The average molecular weight is 469 g/mol. The topological polar surface area (TPSA) is 129 Å². The summed E-state index contributed by atoms with van der Waals surface area (Å²) in [4.78, 5) is 42.7. The average Bonchev–Trinajstić information content (AvgIpc) is 3.29. The fraction of sp³-hybridized carbons (Fsp3) is 0.458. The van der Waals surface area contributed by atoms with Crippen LogP contribution in [-0.2, 0) is 7.05 Å². The Labute approximate surface area is 200 Å². The molecule has 180 valence electrons. The third-order valence-corrected chi connectivity index (χ3v) is 6.35. The number of hydrogen-bond donors (Lipinski definition) is 3. The van der Waals surface area contributed by atoms with E-state index in [0.717, 1.165) is 5.56 Å². The van der Waals surface area contributed by atoms with Gasteiger partial charge in [0, 0.05) is 36.3 Å². The van der Waals surface area contributed by atoms with E-state index < -0.39 is 46.8 Å². The van der Waals surface area contributed by atoms with Crippen LogP contribution in [-0.4, -0.2) is 44.8 Å². The van der Waals surface area contributed by atoms with Gasteiger partial charge in [-0.05, 0) is 36.8 Å². The SMILES string of the molecule is [2H]C1CC(C)([C@@H](Nc2c(Nc3ccnc(C(=O)N(C)C)c3O)c(=O)c2=O)c2nn(C)cc2C)CC1[2H]. The van der Waals surface area contributed by atoms with E-state index in [1.54, 1.807) is 11.7 Å². The van der Waals surface area contributed by atoms with Crippen molar-refractivity contribution in [2.45, 2.75) is 45.5 Å². The van der Waals surface area contributed by atoms with Gasteiger partial charge >= 0.3 is 0 Å². The van der Waals surface area contributed by atoms with Crippen molar-refractivity contribution in [2.75, 3.05) is 24.7 Å². The number of amides is 1. The lowest BCUT2D eigenvalue weighted by atomic mass is 9.78. The van der Waals surface area contributed by atoms with E-state index in [-0.39, 0.29) is 22.8 Å². The summed E-state index contributed by atoms with van der Waals surface area (Å²) in [6, 6.07) is 0.860. The van der Waals surface area contributed by atoms with Gasteiger partial charge in [-0.3, -0.25) is 19.1 Å². The molecule has 0 radical (unpaired) electrons. The summed E-state index contributed by atoms with van der Waals surface area (Å²) < 4.78 is 18.2. The Hall–Kier alpha value is -3.69. The van der Waals surface area contributed by atoms with Crippen LogP contribution in [0.5, 0.6) is 5.75 Å².